The predicted molar refractivity (Wildman–Crippen MR) is 65.4 cm³/mol. The summed E-state index contributed by atoms with van der Waals surface area (Å²) in [5.41, 5.74) is 1.39. The summed E-state index contributed by atoms with van der Waals surface area (Å²) in [5, 5.41) is 0. The molecule has 0 aliphatic carbocycles. The monoisotopic (exact) mass is 202 g/mol. The molecule has 0 saturated carbocycles. The summed E-state index contributed by atoms with van der Waals surface area (Å²) in [6.45, 7) is 6.97. The predicted octanol–water partition coefficient (Wildman–Crippen LogP) is 0.929. The molecule has 0 fully saturated rings. The van der Waals surface area contributed by atoms with Crippen molar-refractivity contribution >= 4 is 35.6 Å². The second-order valence-corrected chi connectivity index (χ2v) is 9.25. The molecular formula is C10H19LiN2Si. The van der Waals surface area contributed by atoms with E-state index in [4.69, 9.17) is 0 Å². The fourth-order valence-electron chi connectivity index (χ4n) is 2.21. The second kappa shape index (κ2) is 4.70. The van der Waals surface area contributed by atoms with Gasteiger partial charge in [0.15, 0.2) is 0 Å². The van der Waals surface area contributed by atoms with E-state index in [9.17, 15) is 0 Å². The Morgan fingerprint density at radius 2 is 1.79 bits per heavy atom. The van der Waals surface area contributed by atoms with E-state index in [1.165, 1.54) is 27.9 Å². The second-order valence-electron chi connectivity index (χ2n) is 4.12. The number of rotatable bonds is 4. The van der Waals surface area contributed by atoms with Gasteiger partial charge < -0.3 is 0 Å². The van der Waals surface area contributed by atoms with Gasteiger partial charge in [-0.25, -0.2) is 0 Å². The van der Waals surface area contributed by atoms with Gasteiger partial charge in [-0.2, -0.15) is 0 Å². The average molecular weight is 202 g/mol. The van der Waals surface area contributed by atoms with E-state index in [1.54, 1.807) is 0 Å². The molecule has 0 atom stereocenters. The summed E-state index contributed by atoms with van der Waals surface area (Å²) in [6.07, 6.45) is 2.01. The first-order valence-electron chi connectivity index (χ1n) is 5.60. The molecule has 0 amide bonds. The molecule has 1 rings (SSSR count). The third-order valence-corrected chi connectivity index (χ3v) is 9.20. The van der Waals surface area contributed by atoms with E-state index in [0.717, 1.165) is 0 Å². The zero-order chi connectivity index (χ0) is 10.8. The van der Waals surface area contributed by atoms with Gasteiger partial charge in [0.05, 0.1) is 0 Å². The van der Waals surface area contributed by atoms with Gasteiger partial charge in [-0.3, -0.25) is 0 Å². The van der Waals surface area contributed by atoms with Crippen molar-refractivity contribution in [3.8, 4) is 0 Å². The van der Waals surface area contributed by atoms with Crippen molar-refractivity contribution in [1.29, 1.82) is 0 Å². The van der Waals surface area contributed by atoms with E-state index in [0.29, 0.717) is 0 Å². The van der Waals surface area contributed by atoms with Crippen LogP contribution in [0.1, 0.15) is 20.8 Å². The van der Waals surface area contributed by atoms with Gasteiger partial charge in [-0.15, -0.1) is 0 Å². The summed E-state index contributed by atoms with van der Waals surface area (Å²) in [7, 11) is 0.888. The van der Waals surface area contributed by atoms with Crippen LogP contribution in [0.2, 0.25) is 18.1 Å². The van der Waals surface area contributed by atoms with E-state index < -0.39 is 8.07 Å². The number of imidazole rings is 1. The first kappa shape index (κ1) is 12.1. The Kier molecular flexibility index (Phi) is 4.06. The van der Waals surface area contributed by atoms with Crippen LogP contribution in [-0.2, 0) is 7.05 Å². The normalized spacial score (nSPS) is 12.1. The summed E-state index contributed by atoms with van der Waals surface area (Å²) in [6, 6.07) is 3.93. The molecule has 4 heteroatoms. The van der Waals surface area contributed by atoms with E-state index in [2.05, 4.69) is 55.1 Å². The van der Waals surface area contributed by atoms with Crippen molar-refractivity contribution in [1.82, 2.24) is 9.55 Å². The Hall–Kier alpha value is 0.0243. The summed E-state index contributed by atoms with van der Waals surface area (Å²) in [5.74, 6) is 0. The third-order valence-electron chi connectivity index (χ3n) is 3.73. The van der Waals surface area contributed by atoms with Crippen molar-refractivity contribution in [2.75, 3.05) is 0 Å². The molecule has 0 aromatic carbocycles. The molecule has 0 bridgehead atoms. The van der Waals surface area contributed by atoms with E-state index in [-0.39, 0.29) is 0 Å². The van der Waals surface area contributed by atoms with Crippen molar-refractivity contribution in [2.45, 2.75) is 38.9 Å². The molecule has 0 saturated heterocycles. The van der Waals surface area contributed by atoms with Gasteiger partial charge in [0.2, 0.25) is 0 Å². The first-order valence-corrected chi connectivity index (χ1v) is 8.22. The Morgan fingerprint density at radius 1 is 1.29 bits per heavy atom. The fourth-order valence-corrected chi connectivity index (χ4v) is 5.89. The first-order chi connectivity index (χ1) is 6.61. The van der Waals surface area contributed by atoms with Crippen LogP contribution < -0.4 is 9.81 Å². The number of hydrogen-bond acceptors (Lipinski definition) is 1. The van der Waals surface area contributed by atoms with Crippen LogP contribution in [0.3, 0.4) is 0 Å². The van der Waals surface area contributed by atoms with Crippen LogP contribution in [0.25, 0.3) is 0 Å². The molecule has 0 spiro atoms. The zero-order valence-corrected chi connectivity index (χ0v) is 11.1. The number of nitrogens with zero attached hydrogens (tertiary/aromatic N) is 2. The van der Waals surface area contributed by atoms with Crippen molar-refractivity contribution in [2.24, 2.45) is 7.05 Å². The molecule has 0 N–H and O–H groups in total. The fraction of sp³-hybridized carbons (Fsp3) is 0.700. The standard InChI is InChI=1S/C10H19N2Si.Li/c1-5-13(6-2,7-3)10-11-8-9-12(10)4;/h8H,5-7H2,1-4H3;. The van der Waals surface area contributed by atoms with Crippen LogP contribution in [-0.4, -0.2) is 35.3 Å². The van der Waals surface area contributed by atoms with Gasteiger partial charge in [0.1, 0.15) is 0 Å². The maximum atomic E-state index is 4.63. The van der Waals surface area contributed by atoms with Gasteiger partial charge in [-0.1, -0.05) is 0 Å². The number of hydrogen-bond donors (Lipinski definition) is 0. The SMILES string of the molecule is [Li][c]1cnc([Si](CC)(CC)CC)n1C. The van der Waals surface area contributed by atoms with Crippen LogP contribution in [0.4, 0.5) is 0 Å². The molecule has 74 valence electrons. The van der Waals surface area contributed by atoms with Gasteiger partial charge in [-0.05, 0) is 0 Å². The quantitative estimate of drug-likeness (QED) is 0.664. The minimum atomic E-state index is -1.27. The molecule has 0 aliphatic heterocycles. The van der Waals surface area contributed by atoms with E-state index in [1.807, 2.05) is 6.20 Å². The van der Waals surface area contributed by atoms with Gasteiger partial charge in [0.25, 0.3) is 0 Å². The number of aromatic nitrogens is 2. The van der Waals surface area contributed by atoms with Crippen LogP contribution in [0.15, 0.2) is 6.20 Å². The Morgan fingerprint density at radius 3 is 2.07 bits per heavy atom. The van der Waals surface area contributed by atoms with Crippen LogP contribution >= 0.6 is 0 Å². The molecule has 1 aromatic heterocycles. The van der Waals surface area contributed by atoms with Gasteiger partial charge >= 0.3 is 97.3 Å². The molecule has 0 radical (unpaired) electrons. The third kappa shape index (κ3) is 1.86. The summed E-state index contributed by atoms with van der Waals surface area (Å²) < 4.78 is 3.58. The molecule has 2 nitrogen and oxygen atoms in total. The zero-order valence-electron chi connectivity index (χ0n) is 10.1. The van der Waals surface area contributed by atoms with Gasteiger partial charge in [0, 0.05) is 0 Å². The Balaban J connectivity index is 3.17. The van der Waals surface area contributed by atoms with Crippen LogP contribution in [0.5, 0.6) is 0 Å². The minimum absolute atomic E-state index is 1.27. The molecule has 0 unspecified atom stereocenters. The van der Waals surface area contributed by atoms with Crippen molar-refractivity contribution in [3.05, 3.63) is 6.20 Å². The van der Waals surface area contributed by atoms with E-state index >= 15 is 0 Å². The molecule has 14 heavy (non-hydrogen) atoms. The molecular weight excluding hydrogens is 183 g/mol. The van der Waals surface area contributed by atoms with Crippen molar-refractivity contribution < 1.29 is 0 Å². The average Bonchev–Trinajstić information content (AvgIpc) is 2.54. The molecule has 1 aromatic rings. The summed E-state index contributed by atoms with van der Waals surface area (Å²) in [4.78, 5) is 4.63. The molecule has 0 aliphatic rings. The maximum absolute atomic E-state index is 4.63. The Labute approximate surface area is 97.3 Å². The van der Waals surface area contributed by atoms with Crippen LogP contribution in [0, 0.1) is 0 Å². The topological polar surface area (TPSA) is 17.8 Å². The summed E-state index contributed by atoms with van der Waals surface area (Å²) >= 11 is 2.14. The Bertz CT molecular complexity index is 297. The van der Waals surface area contributed by atoms with Crippen molar-refractivity contribution in [3.63, 3.8) is 0 Å². The molecule has 1 heterocycles.